The summed E-state index contributed by atoms with van der Waals surface area (Å²) in [6, 6.07) is 6.45. The molecule has 1 aromatic rings. The van der Waals surface area contributed by atoms with Crippen LogP contribution in [0.4, 0.5) is 4.39 Å². The summed E-state index contributed by atoms with van der Waals surface area (Å²) in [7, 11) is 0. The van der Waals surface area contributed by atoms with Crippen LogP contribution in [-0.2, 0) is 9.53 Å². The maximum atomic E-state index is 13.3. The molecule has 0 aliphatic heterocycles. The molecule has 0 atom stereocenters. The lowest BCUT2D eigenvalue weighted by atomic mass is 10.3. The highest BCUT2D eigenvalue weighted by molar-refractivity contribution is 8.00. The van der Waals surface area contributed by atoms with Gasteiger partial charge >= 0.3 is 0 Å². The second-order valence-electron chi connectivity index (χ2n) is 4.34. The second kappa shape index (κ2) is 8.93. The summed E-state index contributed by atoms with van der Waals surface area (Å²) in [6.45, 7) is 5.18. The molecule has 0 bridgehead atoms. The van der Waals surface area contributed by atoms with E-state index in [1.54, 1.807) is 18.2 Å². The SMILES string of the molecule is CC(C)OCCCNC(=O)CSc1ccccc1F. The van der Waals surface area contributed by atoms with E-state index in [0.29, 0.717) is 18.0 Å². The van der Waals surface area contributed by atoms with Crippen molar-refractivity contribution in [1.29, 1.82) is 0 Å². The van der Waals surface area contributed by atoms with Gasteiger partial charge in [-0.2, -0.15) is 0 Å². The van der Waals surface area contributed by atoms with E-state index in [1.807, 2.05) is 13.8 Å². The van der Waals surface area contributed by atoms with Crippen molar-refractivity contribution < 1.29 is 13.9 Å². The standard InChI is InChI=1S/C14H20FNO2S/c1-11(2)18-9-5-8-16-14(17)10-19-13-7-4-3-6-12(13)15/h3-4,6-7,11H,5,8-10H2,1-2H3,(H,16,17). The minimum Gasteiger partial charge on any atom is -0.379 e. The van der Waals surface area contributed by atoms with Crippen molar-refractivity contribution >= 4 is 17.7 Å². The van der Waals surface area contributed by atoms with Crippen LogP contribution in [0.15, 0.2) is 29.2 Å². The first kappa shape index (κ1) is 16.0. The van der Waals surface area contributed by atoms with E-state index in [4.69, 9.17) is 4.74 Å². The third-order valence-corrected chi connectivity index (χ3v) is 3.34. The quantitative estimate of drug-likeness (QED) is 0.589. The van der Waals surface area contributed by atoms with Crippen molar-refractivity contribution in [1.82, 2.24) is 5.32 Å². The largest absolute Gasteiger partial charge is 0.379 e. The van der Waals surface area contributed by atoms with E-state index in [-0.39, 0.29) is 23.6 Å². The fourth-order valence-electron chi connectivity index (χ4n) is 1.38. The van der Waals surface area contributed by atoms with Crippen LogP contribution < -0.4 is 5.32 Å². The zero-order chi connectivity index (χ0) is 14.1. The molecule has 0 heterocycles. The van der Waals surface area contributed by atoms with Crippen LogP contribution in [0.1, 0.15) is 20.3 Å². The average Bonchev–Trinajstić information content (AvgIpc) is 2.37. The fraction of sp³-hybridized carbons (Fsp3) is 0.500. The van der Waals surface area contributed by atoms with Crippen molar-refractivity contribution in [3.63, 3.8) is 0 Å². The highest BCUT2D eigenvalue weighted by atomic mass is 32.2. The third-order valence-electron chi connectivity index (χ3n) is 2.29. The number of ether oxygens (including phenoxy) is 1. The second-order valence-corrected chi connectivity index (χ2v) is 5.36. The Balaban J connectivity index is 2.13. The van der Waals surface area contributed by atoms with Gasteiger partial charge in [-0.05, 0) is 32.4 Å². The van der Waals surface area contributed by atoms with Crippen molar-refractivity contribution in [3.8, 4) is 0 Å². The minimum atomic E-state index is -0.286. The number of nitrogens with one attached hydrogen (secondary N) is 1. The van der Waals surface area contributed by atoms with Gasteiger partial charge in [0.05, 0.1) is 11.9 Å². The summed E-state index contributed by atoms with van der Waals surface area (Å²) in [6.07, 6.45) is 1.00. The summed E-state index contributed by atoms with van der Waals surface area (Å²) in [5.41, 5.74) is 0. The molecule has 19 heavy (non-hydrogen) atoms. The molecule has 0 spiro atoms. The first-order chi connectivity index (χ1) is 9.09. The monoisotopic (exact) mass is 285 g/mol. The molecule has 0 aromatic heterocycles. The van der Waals surface area contributed by atoms with Gasteiger partial charge in [-0.15, -0.1) is 11.8 Å². The van der Waals surface area contributed by atoms with Crippen LogP contribution >= 0.6 is 11.8 Å². The maximum absolute atomic E-state index is 13.3. The number of benzene rings is 1. The molecule has 1 amide bonds. The summed E-state index contributed by atoms with van der Waals surface area (Å²) >= 11 is 1.21. The van der Waals surface area contributed by atoms with Crippen LogP contribution in [0.2, 0.25) is 0 Å². The lowest BCUT2D eigenvalue weighted by molar-refractivity contribution is -0.118. The molecule has 0 fully saturated rings. The first-order valence-electron chi connectivity index (χ1n) is 6.35. The zero-order valence-electron chi connectivity index (χ0n) is 11.3. The molecule has 0 aliphatic rings. The number of carbonyl (C=O) groups is 1. The number of amides is 1. The van der Waals surface area contributed by atoms with Gasteiger partial charge < -0.3 is 10.1 Å². The Kier molecular flexibility index (Phi) is 7.52. The van der Waals surface area contributed by atoms with Gasteiger partial charge in [0.25, 0.3) is 0 Å². The summed E-state index contributed by atoms with van der Waals surface area (Å²) < 4.78 is 18.7. The van der Waals surface area contributed by atoms with Crippen LogP contribution in [0.3, 0.4) is 0 Å². The Morgan fingerprint density at radius 1 is 1.42 bits per heavy atom. The van der Waals surface area contributed by atoms with Crippen molar-refractivity contribution in [2.75, 3.05) is 18.9 Å². The molecule has 1 N–H and O–H groups in total. The Morgan fingerprint density at radius 2 is 2.16 bits per heavy atom. The van der Waals surface area contributed by atoms with Gasteiger partial charge in [0.2, 0.25) is 5.91 Å². The predicted molar refractivity (Wildman–Crippen MR) is 75.8 cm³/mol. The number of hydrogen-bond donors (Lipinski definition) is 1. The lowest BCUT2D eigenvalue weighted by Gasteiger charge is -2.08. The van der Waals surface area contributed by atoms with Gasteiger partial charge in [-0.25, -0.2) is 4.39 Å². The molecule has 0 saturated carbocycles. The van der Waals surface area contributed by atoms with Crippen LogP contribution in [0.5, 0.6) is 0 Å². The highest BCUT2D eigenvalue weighted by Gasteiger charge is 2.05. The first-order valence-corrected chi connectivity index (χ1v) is 7.34. The Bertz CT molecular complexity index is 399. The third kappa shape index (κ3) is 7.18. The topological polar surface area (TPSA) is 38.3 Å². The molecule has 0 aliphatic carbocycles. The normalized spacial score (nSPS) is 10.7. The molecule has 1 aromatic carbocycles. The fourth-order valence-corrected chi connectivity index (χ4v) is 2.14. The van der Waals surface area contributed by atoms with Gasteiger partial charge in [-0.1, -0.05) is 12.1 Å². The number of thioether (sulfide) groups is 1. The lowest BCUT2D eigenvalue weighted by Crippen LogP contribution is -2.27. The summed E-state index contributed by atoms with van der Waals surface area (Å²) in [5.74, 6) is -0.144. The van der Waals surface area contributed by atoms with Crippen molar-refractivity contribution in [3.05, 3.63) is 30.1 Å². The summed E-state index contributed by atoms with van der Waals surface area (Å²) in [5, 5.41) is 2.78. The number of carbonyl (C=O) groups excluding carboxylic acids is 1. The van der Waals surface area contributed by atoms with Gasteiger partial charge in [0.1, 0.15) is 5.82 Å². The number of rotatable bonds is 8. The molecule has 1 rings (SSSR count). The zero-order valence-corrected chi connectivity index (χ0v) is 12.1. The van der Waals surface area contributed by atoms with E-state index < -0.39 is 0 Å². The molecular weight excluding hydrogens is 265 g/mol. The summed E-state index contributed by atoms with van der Waals surface area (Å²) in [4.78, 5) is 12.0. The molecule has 106 valence electrons. The van der Waals surface area contributed by atoms with E-state index in [9.17, 15) is 9.18 Å². The van der Waals surface area contributed by atoms with Gasteiger partial charge in [0.15, 0.2) is 0 Å². The van der Waals surface area contributed by atoms with Crippen LogP contribution in [-0.4, -0.2) is 30.9 Å². The Hall–Kier alpha value is -1.07. The van der Waals surface area contributed by atoms with Gasteiger partial charge in [0, 0.05) is 18.0 Å². The minimum absolute atomic E-state index is 0.0854. The van der Waals surface area contributed by atoms with Crippen molar-refractivity contribution in [2.24, 2.45) is 0 Å². The maximum Gasteiger partial charge on any atom is 0.230 e. The number of hydrogen-bond acceptors (Lipinski definition) is 3. The Morgan fingerprint density at radius 3 is 2.84 bits per heavy atom. The van der Waals surface area contributed by atoms with E-state index in [1.165, 1.54) is 17.8 Å². The van der Waals surface area contributed by atoms with E-state index in [2.05, 4.69) is 5.32 Å². The Labute approximate surface area is 117 Å². The van der Waals surface area contributed by atoms with E-state index >= 15 is 0 Å². The predicted octanol–water partition coefficient (Wildman–Crippen LogP) is 2.85. The molecule has 5 heteroatoms. The molecule has 0 radical (unpaired) electrons. The van der Waals surface area contributed by atoms with Crippen LogP contribution in [0.25, 0.3) is 0 Å². The average molecular weight is 285 g/mol. The highest BCUT2D eigenvalue weighted by Crippen LogP contribution is 2.20. The van der Waals surface area contributed by atoms with Crippen molar-refractivity contribution in [2.45, 2.75) is 31.3 Å². The van der Waals surface area contributed by atoms with Gasteiger partial charge in [-0.3, -0.25) is 4.79 Å². The van der Waals surface area contributed by atoms with E-state index in [0.717, 1.165) is 6.42 Å². The molecule has 3 nitrogen and oxygen atoms in total. The van der Waals surface area contributed by atoms with Crippen LogP contribution in [0, 0.1) is 5.82 Å². The molecular formula is C14H20FNO2S. The molecule has 0 saturated heterocycles. The number of halogens is 1. The smallest absolute Gasteiger partial charge is 0.230 e. The molecule has 0 unspecified atom stereocenters.